The summed E-state index contributed by atoms with van der Waals surface area (Å²) in [6.45, 7) is 0.814. The molecule has 160 valence electrons. The summed E-state index contributed by atoms with van der Waals surface area (Å²) in [4.78, 5) is 15.2. The molecule has 0 aromatic heterocycles. The van der Waals surface area contributed by atoms with Crippen molar-refractivity contribution in [3.63, 3.8) is 0 Å². The van der Waals surface area contributed by atoms with Gasteiger partial charge in [-0.15, -0.1) is 0 Å². The molecule has 3 nitrogen and oxygen atoms in total. The molecule has 1 aliphatic heterocycles. The zero-order chi connectivity index (χ0) is 21.8. The average Bonchev–Trinajstić information content (AvgIpc) is 2.81. The zero-order valence-electron chi connectivity index (χ0n) is 17.2. The van der Waals surface area contributed by atoms with Gasteiger partial charge in [0, 0.05) is 24.1 Å². The molecule has 3 aromatic carbocycles. The van der Waals surface area contributed by atoms with Gasteiger partial charge in [0.15, 0.2) is 0 Å². The van der Waals surface area contributed by atoms with Crippen molar-refractivity contribution in [3.8, 4) is 11.1 Å². The highest BCUT2D eigenvalue weighted by Crippen LogP contribution is 2.35. The lowest BCUT2D eigenvalue weighted by atomic mass is 9.75. The lowest BCUT2D eigenvalue weighted by Crippen LogP contribution is -2.49. The molecule has 1 amide bonds. The summed E-state index contributed by atoms with van der Waals surface area (Å²) < 4.78 is 27.6. The molecule has 1 aliphatic rings. The first-order valence-corrected chi connectivity index (χ1v) is 10.5. The molecule has 5 heteroatoms. The fourth-order valence-corrected chi connectivity index (χ4v) is 4.48. The molecule has 4 rings (SSSR count). The van der Waals surface area contributed by atoms with Gasteiger partial charge in [0.05, 0.1) is 6.61 Å². The van der Waals surface area contributed by atoms with E-state index in [4.69, 9.17) is 0 Å². The van der Waals surface area contributed by atoms with Crippen LogP contribution in [0.2, 0.25) is 0 Å². The number of carbonyl (C=O) groups excluding carboxylic acids is 1. The Balaban J connectivity index is 1.61. The SMILES string of the molecule is O=C(c1ccccc1-c1ccc(F)cc1)N1CCC[C@](CO)(Cc2ccccc2F)C1. The van der Waals surface area contributed by atoms with Gasteiger partial charge in [0.1, 0.15) is 11.6 Å². The Bertz CT molecular complexity index is 1070. The van der Waals surface area contributed by atoms with Gasteiger partial charge in [-0.3, -0.25) is 4.79 Å². The molecule has 1 heterocycles. The third-order valence-corrected chi connectivity index (χ3v) is 6.12. The number of hydrogen-bond donors (Lipinski definition) is 1. The third kappa shape index (κ3) is 4.52. The van der Waals surface area contributed by atoms with Gasteiger partial charge in [-0.2, -0.15) is 0 Å². The van der Waals surface area contributed by atoms with Crippen molar-refractivity contribution in [3.05, 3.63) is 95.6 Å². The summed E-state index contributed by atoms with van der Waals surface area (Å²) in [5.41, 5.74) is 2.01. The number of nitrogens with zero attached hydrogens (tertiary/aromatic N) is 1. The van der Waals surface area contributed by atoms with Crippen molar-refractivity contribution in [2.24, 2.45) is 5.41 Å². The summed E-state index contributed by atoms with van der Waals surface area (Å²) >= 11 is 0. The maximum atomic E-state index is 14.3. The molecule has 0 unspecified atom stereocenters. The van der Waals surface area contributed by atoms with Crippen LogP contribution in [-0.2, 0) is 6.42 Å². The van der Waals surface area contributed by atoms with Gasteiger partial charge < -0.3 is 10.0 Å². The second-order valence-electron chi connectivity index (χ2n) is 8.31. The number of amides is 1. The standard InChI is InChI=1S/C26H25F2NO2/c27-21-12-10-19(11-13-21)22-7-2-3-8-23(22)25(31)29-15-5-14-26(17-29,18-30)16-20-6-1-4-9-24(20)28/h1-4,6-13,30H,5,14-18H2/t26-/m0/s1. The average molecular weight is 421 g/mol. The number of halogens is 2. The lowest BCUT2D eigenvalue weighted by molar-refractivity contribution is 0.0268. The van der Waals surface area contributed by atoms with Gasteiger partial charge in [0.25, 0.3) is 5.91 Å². The van der Waals surface area contributed by atoms with E-state index in [-0.39, 0.29) is 24.1 Å². The van der Waals surface area contributed by atoms with Gasteiger partial charge in [-0.1, -0.05) is 48.5 Å². The maximum absolute atomic E-state index is 14.3. The molecule has 0 bridgehead atoms. The van der Waals surface area contributed by atoms with E-state index in [2.05, 4.69) is 0 Å². The highest BCUT2D eigenvalue weighted by molar-refractivity contribution is 6.01. The number of rotatable bonds is 5. The first kappa shape index (κ1) is 21.2. The molecule has 1 N–H and O–H groups in total. The van der Waals surface area contributed by atoms with Crippen LogP contribution in [0, 0.1) is 17.0 Å². The first-order chi connectivity index (χ1) is 15.0. The summed E-state index contributed by atoms with van der Waals surface area (Å²) in [5, 5.41) is 10.2. The Hall–Kier alpha value is -3.05. The quantitative estimate of drug-likeness (QED) is 0.624. The highest BCUT2D eigenvalue weighted by Gasteiger charge is 2.38. The Morgan fingerprint density at radius 1 is 0.968 bits per heavy atom. The summed E-state index contributed by atoms with van der Waals surface area (Å²) in [5.74, 6) is -0.754. The van der Waals surface area contributed by atoms with Crippen molar-refractivity contribution < 1.29 is 18.7 Å². The second kappa shape index (κ2) is 8.98. The van der Waals surface area contributed by atoms with Crippen molar-refractivity contribution in [2.45, 2.75) is 19.3 Å². The van der Waals surface area contributed by atoms with E-state index < -0.39 is 5.41 Å². The Kier molecular flexibility index (Phi) is 6.14. The molecular weight excluding hydrogens is 396 g/mol. The first-order valence-electron chi connectivity index (χ1n) is 10.5. The minimum absolute atomic E-state index is 0.120. The fraction of sp³-hybridized carbons (Fsp3) is 0.269. The second-order valence-corrected chi connectivity index (χ2v) is 8.31. The van der Waals surface area contributed by atoms with E-state index in [0.717, 1.165) is 24.0 Å². The molecule has 0 spiro atoms. The van der Waals surface area contributed by atoms with Crippen molar-refractivity contribution in [1.29, 1.82) is 0 Å². The van der Waals surface area contributed by atoms with Crippen LogP contribution < -0.4 is 0 Å². The van der Waals surface area contributed by atoms with Crippen molar-refractivity contribution in [2.75, 3.05) is 19.7 Å². The van der Waals surface area contributed by atoms with E-state index in [1.807, 2.05) is 18.2 Å². The third-order valence-electron chi connectivity index (χ3n) is 6.12. The molecule has 1 saturated heterocycles. The normalized spacial score (nSPS) is 18.7. The molecular formula is C26H25F2NO2. The van der Waals surface area contributed by atoms with Crippen LogP contribution in [0.1, 0.15) is 28.8 Å². The largest absolute Gasteiger partial charge is 0.396 e. The molecule has 0 saturated carbocycles. The molecule has 3 aromatic rings. The zero-order valence-corrected chi connectivity index (χ0v) is 17.2. The number of aliphatic hydroxyl groups excluding tert-OH is 1. The predicted octanol–water partition coefficient (Wildman–Crippen LogP) is 5.09. The van der Waals surface area contributed by atoms with Crippen molar-refractivity contribution >= 4 is 5.91 Å². The Morgan fingerprint density at radius 2 is 1.68 bits per heavy atom. The molecule has 1 atom stereocenters. The van der Waals surface area contributed by atoms with Crippen LogP contribution in [0.25, 0.3) is 11.1 Å². The maximum Gasteiger partial charge on any atom is 0.254 e. The monoisotopic (exact) mass is 421 g/mol. The van der Waals surface area contributed by atoms with Crippen LogP contribution in [0.3, 0.4) is 0 Å². The van der Waals surface area contributed by atoms with Gasteiger partial charge in [0.2, 0.25) is 0 Å². The molecule has 31 heavy (non-hydrogen) atoms. The van der Waals surface area contributed by atoms with E-state index in [1.54, 1.807) is 41.3 Å². The summed E-state index contributed by atoms with van der Waals surface area (Å²) in [7, 11) is 0. The van der Waals surface area contributed by atoms with E-state index in [1.165, 1.54) is 18.2 Å². The number of carbonyl (C=O) groups is 1. The highest BCUT2D eigenvalue weighted by atomic mass is 19.1. The van der Waals surface area contributed by atoms with Crippen LogP contribution in [0.5, 0.6) is 0 Å². The number of benzene rings is 3. The summed E-state index contributed by atoms with van der Waals surface area (Å²) in [6.07, 6.45) is 1.83. The fourth-order valence-electron chi connectivity index (χ4n) is 4.48. The van der Waals surface area contributed by atoms with Crippen LogP contribution >= 0.6 is 0 Å². The van der Waals surface area contributed by atoms with Crippen LogP contribution in [-0.4, -0.2) is 35.6 Å². The van der Waals surface area contributed by atoms with E-state index >= 15 is 0 Å². The number of hydrogen-bond acceptors (Lipinski definition) is 2. The topological polar surface area (TPSA) is 40.5 Å². The molecule has 0 aliphatic carbocycles. The lowest BCUT2D eigenvalue weighted by Gasteiger charge is -2.42. The van der Waals surface area contributed by atoms with E-state index in [9.17, 15) is 18.7 Å². The Morgan fingerprint density at radius 3 is 2.42 bits per heavy atom. The van der Waals surface area contributed by atoms with Crippen LogP contribution in [0.15, 0.2) is 72.8 Å². The Labute approximate surface area is 181 Å². The smallest absolute Gasteiger partial charge is 0.254 e. The summed E-state index contributed by atoms with van der Waals surface area (Å²) in [6, 6.07) is 19.9. The molecule has 1 fully saturated rings. The van der Waals surface area contributed by atoms with Gasteiger partial charge in [-0.05, 0) is 60.2 Å². The minimum Gasteiger partial charge on any atom is -0.396 e. The predicted molar refractivity (Wildman–Crippen MR) is 117 cm³/mol. The number of likely N-dealkylation sites (tertiary alicyclic amines) is 1. The number of piperidine rings is 1. The minimum atomic E-state index is -0.582. The van der Waals surface area contributed by atoms with Crippen LogP contribution in [0.4, 0.5) is 8.78 Å². The number of aliphatic hydroxyl groups is 1. The van der Waals surface area contributed by atoms with Crippen molar-refractivity contribution in [1.82, 2.24) is 4.90 Å². The molecule has 0 radical (unpaired) electrons. The van der Waals surface area contributed by atoms with E-state index in [0.29, 0.717) is 30.6 Å². The van der Waals surface area contributed by atoms with Gasteiger partial charge in [-0.25, -0.2) is 8.78 Å². The van der Waals surface area contributed by atoms with Gasteiger partial charge >= 0.3 is 0 Å².